The molecule has 2 N–H and O–H groups in total. The van der Waals surface area contributed by atoms with Crippen LogP contribution in [0, 0.1) is 5.92 Å². The molecule has 35 heavy (non-hydrogen) atoms. The number of aliphatic carboxylic acids is 1. The number of nitrogens with one attached hydrogen (secondary N) is 1. The summed E-state index contributed by atoms with van der Waals surface area (Å²) in [6, 6.07) is 12.3. The summed E-state index contributed by atoms with van der Waals surface area (Å²) in [6.45, 7) is 2.38. The average molecular weight is 474 g/mol. The number of carbonyl (C=O) groups excluding carboxylic acids is 1. The number of amides is 1. The summed E-state index contributed by atoms with van der Waals surface area (Å²) in [4.78, 5) is 31.9. The predicted molar refractivity (Wildman–Crippen MR) is 137 cm³/mol. The Morgan fingerprint density at radius 2 is 2.09 bits per heavy atom. The zero-order valence-electron chi connectivity index (χ0n) is 20.3. The summed E-state index contributed by atoms with van der Waals surface area (Å²) < 4.78 is 0. The minimum absolute atomic E-state index is 0.0523. The second-order valence-electron chi connectivity index (χ2n) is 10.2. The van der Waals surface area contributed by atoms with E-state index in [4.69, 9.17) is 4.98 Å². The lowest BCUT2D eigenvalue weighted by molar-refractivity contribution is -0.141. The molecule has 3 aliphatic rings. The van der Waals surface area contributed by atoms with Crippen molar-refractivity contribution in [3.05, 3.63) is 64.9 Å². The van der Waals surface area contributed by atoms with Crippen LogP contribution in [-0.2, 0) is 22.4 Å². The Morgan fingerprint density at radius 3 is 2.91 bits per heavy atom. The molecule has 1 aromatic heterocycles. The van der Waals surface area contributed by atoms with E-state index in [2.05, 4.69) is 29.6 Å². The van der Waals surface area contributed by atoms with Crippen molar-refractivity contribution in [2.45, 2.75) is 63.7 Å². The van der Waals surface area contributed by atoms with Gasteiger partial charge in [-0.3, -0.25) is 9.59 Å². The number of likely N-dealkylation sites (tertiary alicyclic amines) is 1. The molecule has 2 atom stereocenters. The number of carboxylic acid groups (broad SMARTS) is 1. The lowest BCUT2D eigenvalue weighted by atomic mass is 9.91. The highest BCUT2D eigenvalue weighted by molar-refractivity contribution is 5.88. The molecule has 5 rings (SSSR count). The number of allylic oxidation sites excluding steroid dienone is 2. The van der Waals surface area contributed by atoms with Crippen LogP contribution in [0.5, 0.6) is 0 Å². The SMILES string of the molecule is O=C(O)C[C@H](C(=O)N1CC[C@@H](CCc2ccc3c(n2)NCCC3)C1)c1cccc(C2=CCCC2)c1. The largest absolute Gasteiger partial charge is 0.481 e. The second kappa shape index (κ2) is 10.6. The number of benzene rings is 1. The van der Waals surface area contributed by atoms with E-state index in [0.717, 1.165) is 80.6 Å². The molecule has 1 saturated heterocycles. The van der Waals surface area contributed by atoms with Gasteiger partial charge in [-0.2, -0.15) is 0 Å². The Balaban J connectivity index is 1.23. The van der Waals surface area contributed by atoms with Gasteiger partial charge in [0, 0.05) is 25.3 Å². The molecule has 1 fully saturated rings. The molecule has 6 nitrogen and oxygen atoms in total. The van der Waals surface area contributed by atoms with Crippen molar-refractivity contribution >= 4 is 23.3 Å². The smallest absolute Gasteiger partial charge is 0.304 e. The summed E-state index contributed by atoms with van der Waals surface area (Å²) in [5.74, 6) is -0.170. The third-order valence-corrected chi connectivity index (χ3v) is 7.74. The number of hydrogen-bond acceptors (Lipinski definition) is 4. The molecule has 0 saturated carbocycles. The van der Waals surface area contributed by atoms with Crippen molar-refractivity contribution in [3.63, 3.8) is 0 Å². The van der Waals surface area contributed by atoms with Gasteiger partial charge >= 0.3 is 5.97 Å². The number of aromatic nitrogens is 1. The number of carboxylic acids is 1. The number of fused-ring (bicyclic) bond motifs is 1. The molecule has 2 aliphatic heterocycles. The number of nitrogens with zero attached hydrogens (tertiary/aromatic N) is 2. The number of rotatable bonds is 8. The third-order valence-electron chi connectivity index (χ3n) is 7.74. The van der Waals surface area contributed by atoms with Crippen molar-refractivity contribution in [1.29, 1.82) is 0 Å². The third kappa shape index (κ3) is 5.58. The van der Waals surface area contributed by atoms with E-state index in [0.29, 0.717) is 19.0 Å². The Bertz CT molecular complexity index is 1130. The maximum Gasteiger partial charge on any atom is 0.304 e. The summed E-state index contributed by atoms with van der Waals surface area (Å²) in [7, 11) is 0. The quantitative estimate of drug-likeness (QED) is 0.561. The van der Waals surface area contributed by atoms with Gasteiger partial charge in [-0.15, -0.1) is 0 Å². The predicted octanol–water partition coefficient (Wildman–Crippen LogP) is 5.05. The van der Waals surface area contributed by atoms with Crippen LogP contribution >= 0.6 is 0 Å². The first-order chi connectivity index (χ1) is 17.1. The molecule has 2 aromatic rings. The topological polar surface area (TPSA) is 82.5 Å². The van der Waals surface area contributed by atoms with Gasteiger partial charge in [-0.25, -0.2) is 4.98 Å². The Labute approximate surface area is 207 Å². The number of aryl methyl sites for hydroxylation is 2. The molecule has 1 amide bonds. The standard InChI is InChI=1S/C29H35N3O3/c33-27(34)18-26(24-8-3-7-23(17-24)21-5-1-2-6-21)29(35)32-16-14-20(19-32)10-12-25-13-11-22-9-4-15-30-28(22)31-25/h3,5,7-8,11,13,17,20,26H,1-2,4,6,9-10,12,14-16,18-19H2,(H,30,31)(H,33,34)/t20-,26+/m1/s1. The lowest BCUT2D eigenvalue weighted by Gasteiger charge is -2.23. The molecule has 3 heterocycles. The van der Waals surface area contributed by atoms with E-state index in [1.54, 1.807) is 0 Å². The van der Waals surface area contributed by atoms with Gasteiger partial charge in [-0.05, 0) is 85.6 Å². The van der Waals surface area contributed by atoms with Crippen molar-refractivity contribution in [2.75, 3.05) is 25.0 Å². The van der Waals surface area contributed by atoms with Gasteiger partial charge in [0.15, 0.2) is 0 Å². The minimum Gasteiger partial charge on any atom is -0.481 e. The fraction of sp³-hybridized carbons (Fsp3) is 0.483. The summed E-state index contributed by atoms with van der Waals surface area (Å²) in [5, 5.41) is 13.0. The number of hydrogen-bond donors (Lipinski definition) is 2. The second-order valence-corrected chi connectivity index (χ2v) is 10.2. The van der Waals surface area contributed by atoms with Gasteiger partial charge in [0.1, 0.15) is 5.82 Å². The van der Waals surface area contributed by atoms with Crippen molar-refractivity contribution in [1.82, 2.24) is 9.88 Å². The maximum atomic E-state index is 13.5. The van der Waals surface area contributed by atoms with Gasteiger partial charge < -0.3 is 15.3 Å². The lowest BCUT2D eigenvalue weighted by Crippen LogP contribution is -2.34. The van der Waals surface area contributed by atoms with E-state index in [1.165, 1.54) is 11.1 Å². The van der Waals surface area contributed by atoms with Crippen LogP contribution in [0.25, 0.3) is 5.57 Å². The average Bonchev–Trinajstić information content (AvgIpc) is 3.58. The summed E-state index contributed by atoms with van der Waals surface area (Å²) in [6.07, 6.45) is 10.5. The first-order valence-electron chi connectivity index (χ1n) is 13.1. The highest BCUT2D eigenvalue weighted by Crippen LogP contribution is 2.32. The van der Waals surface area contributed by atoms with Crippen LogP contribution in [0.3, 0.4) is 0 Å². The molecule has 0 spiro atoms. The van der Waals surface area contributed by atoms with Crippen molar-refractivity contribution in [3.8, 4) is 0 Å². The molecule has 0 unspecified atom stereocenters. The monoisotopic (exact) mass is 473 g/mol. The minimum atomic E-state index is -0.934. The van der Waals surface area contributed by atoms with Crippen LogP contribution in [0.15, 0.2) is 42.5 Å². The fourth-order valence-corrected chi connectivity index (χ4v) is 5.76. The van der Waals surface area contributed by atoms with Crippen molar-refractivity contribution < 1.29 is 14.7 Å². The maximum absolute atomic E-state index is 13.5. The zero-order valence-corrected chi connectivity index (χ0v) is 20.3. The molecule has 0 bridgehead atoms. The molecule has 0 radical (unpaired) electrons. The van der Waals surface area contributed by atoms with Crippen LogP contribution in [0.2, 0.25) is 0 Å². The van der Waals surface area contributed by atoms with Crippen LogP contribution in [-0.4, -0.2) is 46.5 Å². The Morgan fingerprint density at radius 1 is 1.17 bits per heavy atom. The first-order valence-corrected chi connectivity index (χ1v) is 13.1. The van der Waals surface area contributed by atoms with Gasteiger partial charge in [0.05, 0.1) is 12.3 Å². The van der Waals surface area contributed by atoms with E-state index in [9.17, 15) is 14.7 Å². The molecular weight excluding hydrogens is 438 g/mol. The zero-order chi connectivity index (χ0) is 24.2. The number of anilines is 1. The van der Waals surface area contributed by atoms with E-state index in [-0.39, 0.29) is 12.3 Å². The van der Waals surface area contributed by atoms with Crippen molar-refractivity contribution in [2.24, 2.45) is 5.92 Å². The molecule has 184 valence electrons. The molecule has 1 aliphatic carbocycles. The van der Waals surface area contributed by atoms with Crippen LogP contribution in [0.4, 0.5) is 5.82 Å². The highest BCUT2D eigenvalue weighted by atomic mass is 16.4. The van der Waals surface area contributed by atoms with Crippen LogP contribution < -0.4 is 5.32 Å². The Hall–Kier alpha value is -3.15. The highest BCUT2D eigenvalue weighted by Gasteiger charge is 2.33. The molecular formula is C29H35N3O3. The molecule has 6 heteroatoms. The number of carbonyl (C=O) groups is 2. The van der Waals surface area contributed by atoms with Gasteiger partial charge in [0.25, 0.3) is 0 Å². The van der Waals surface area contributed by atoms with E-state index in [1.807, 2.05) is 23.1 Å². The normalized spacial score (nSPS) is 20.2. The van der Waals surface area contributed by atoms with E-state index < -0.39 is 11.9 Å². The summed E-state index contributed by atoms with van der Waals surface area (Å²) >= 11 is 0. The Kier molecular flexibility index (Phi) is 7.16. The number of pyridine rings is 1. The summed E-state index contributed by atoms with van der Waals surface area (Å²) in [5.41, 5.74) is 5.65. The van der Waals surface area contributed by atoms with Gasteiger partial charge in [-0.1, -0.05) is 36.4 Å². The van der Waals surface area contributed by atoms with Gasteiger partial charge in [0.2, 0.25) is 5.91 Å². The molecule has 1 aromatic carbocycles. The van der Waals surface area contributed by atoms with Crippen LogP contribution in [0.1, 0.15) is 73.2 Å². The van der Waals surface area contributed by atoms with E-state index >= 15 is 0 Å². The fourth-order valence-electron chi connectivity index (χ4n) is 5.76. The first kappa shape index (κ1) is 23.6.